The van der Waals surface area contributed by atoms with Crippen LogP contribution in [0.1, 0.15) is 31.4 Å². The standard InChI is InChI=1S/C25H26ClN3O3/c1-14(2)13-18-19-20(23(31)29(22(19)30)12-11-15-7-4-3-5-8-15)25(28-18)16-9-6-10-17(26)21(16)27-24(25)32/h3-10,14,18-20,28H,11-13H2,1-2H3,(H,27,32)/t18-,19+,20-,25+/m0/s1. The largest absolute Gasteiger partial charge is 0.323 e. The number of nitrogens with one attached hydrogen (secondary N) is 2. The third-order valence-corrected chi connectivity index (χ3v) is 7.30. The molecule has 2 N–H and O–H groups in total. The average molecular weight is 452 g/mol. The molecule has 3 aliphatic heterocycles. The molecule has 0 radical (unpaired) electrons. The third kappa shape index (κ3) is 3.00. The summed E-state index contributed by atoms with van der Waals surface area (Å²) in [6, 6.07) is 14.8. The lowest BCUT2D eigenvalue weighted by Crippen LogP contribution is -2.53. The molecule has 2 saturated heterocycles. The predicted octanol–water partition coefficient (Wildman–Crippen LogP) is 3.35. The molecule has 4 atom stereocenters. The zero-order valence-electron chi connectivity index (χ0n) is 18.1. The molecular weight excluding hydrogens is 426 g/mol. The van der Waals surface area contributed by atoms with Crippen molar-refractivity contribution in [3.8, 4) is 0 Å². The van der Waals surface area contributed by atoms with Crippen LogP contribution < -0.4 is 10.6 Å². The number of nitrogens with zero attached hydrogens (tertiary/aromatic N) is 1. The van der Waals surface area contributed by atoms with E-state index < -0.39 is 17.4 Å². The van der Waals surface area contributed by atoms with Crippen LogP contribution in [0.3, 0.4) is 0 Å². The number of rotatable bonds is 5. The van der Waals surface area contributed by atoms with Gasteiger partial charge in [-0.15, -0.1) is 0 Å². The SMILES string of the molecule is CC(C)C[C@@H]1N[C@@]2(C(=O)Nc3c(Cl)cccc32)[C@@H]2C(=O)N(CCc3ccccc3)C(=O)[C@H]12. The Kier molecular flexibility index (Phi) is 5.10. The fourth-order valence-electron chi connectivity index (χ4n) is 5.67. The van der Waals surface area contributed by atoms with E-state index in [4.69, 9.17) is 11.6 Å². The first-order valence-electron chi connectivity index (χ1n) is 11.1. The zero-order chi connectivity index (χ0) is 22.6. The molecule has 0 unspecified atom stereocenters. The minimum absolute atomic E-state index is 0.186. The first-order chi connectivity index (χ1) is 15.3. The maximum absolute atomic E-state index is 13.7. The molecule has 6 nitrogen and oxygen atoms in total. The van der Waals surface area contributed by atoms with E-state index in [0.29, 0.717) is 41.6 Å². The van der Waals surface area contributed by atoms with Crippen molar-refractivity contribution in [2.75, 3.05) is 11.9 Å². The van der Waals surface area contributed by atoms with Crippen molar-refractivity contribution in [2.24, 2.45) is 17.8 Å². The number of amides is 3. The van der Waals surface area contributed by atoms with Gasteiger partial charge in [-0.3, -0.25) is 24.6 Å². The molecule has 3 amide bonds. The maximum Gasteiger partial charge on any atom is 0.250 e. The Bertz CT molecular complexity index is 1100. The van der Waals surface area contributed by atoms with Crippen LogP contribution in [0.15, 0.2) is 48.5 Å². The smallest absolute Gasteiger partial charge is 0.250 e. The Morgan fingerprint density at radius 2 is 1.78 bits per heavy atom. The Hall–Kier alpha value is -2.70. The zero-order valence-corrected chi connectivity index (χ0v) is 18.9. The van der Waals surface area contributed by atoms with Crippen molar-refractivity contribution < 1.29 is 14.4 Å². The van der Waals surface area contributed by atoms with Crippen molar-refractivity contribution in [1.29, 1.82) is 0 Å². The lowest BCUT2D eigenvalue weighted by atomic mass is 9.76. The number of benzene rings is 2. The fraction of sp³-hybridized carbons (Fsp3) is 0.400. The predicted molar refractivity (Wildman–Crippen MR) is 122 cm³/mol. The summed E-state index contributed by atoms with van der Waals surface area (Å²) in [5.41, 5.74) is 0.965. The molecule has 5 rings (SSSR count). The van der Waals surface area contributed by atoms with E-state index in [1.807, 2.05) is 36.4 Å². The molecule has 0 saturated carbocycles. The van der Waals surface area contributed by atoms with Crippen LogP contribution in [0.25, 0.3) is 0 Å². The molecular formula is C25H26ClN3O3. The molecule has 0 aliphatic carbocycles. The van der Waals surface area contributed by atoms with Crippen molar-refractivity contribution in [3.05, 3.63) is 64.7 Å². The van der Waals surface area contributed by atoms with Crippen LogP contribution in [0.5, 0.6) is 0 Å². The van der Waals surface area contributed by atoms with E-state index in [1.165, 1.54) is 4.90 Å². The molecule has 3 aliphatic rings. The van der Waals surface area contributed by atoms with Crippen LogP contribution in [0, 0.1) is 17.8 Å². The van der Waals surface area contributed by atoms with Crippen molar-refractivity contribution in [3.63, 3.8) is 0 Å². The normalized spacial score (nSPS) is 28.6. The highest BCUT2D eigenvalue weighted by atomic mass is 35.5. The average Bonchev–Trinajstić information content (AvgIpc) is 3.33. The van der Waals surface area contributed by atoms with Gasteiger partial charge < -0.3 is 5.32 Å². The lowest BCUT2D eigenvalue weighted by Gasteiger charge is -2.30. The summed E-state index contributed by atoms with van der Waals surface area (Å²) in [5.74, 6) is -1.83. The second kappa shape index (κ2) is 7.71. The highest BCUT2D eigenvalue weighted by molar-refractivity contribution is 6.35. The van der Waals surface area contributed by atoms with E-state index in [-0.39, 0.29) is 23.8 Å². The van der Waals surface area contributed by atoms with Gasteiger partial charge in [0.25, 0.3) is 0 Å². The van der Waals surface area contributed by atoms with Crippen molar-refractivity contribution in [1.82, 2.24) is 10.2 Å². The number of halogens is 1. The van der Waals surface area contributed by atoms with Gasteiger partial charge in [-0.1, -0.05) is 67.9 Å². The Morgan fingerprint density at radius 1 is 1.03 bits per heavy atom. The highest BCUT2D eigenvalue weighted by Gasteiger charge is 2.70. The molecule has 1 spiro atoms. The number of carbonyl (C=O) groups is 3. The molecule has 2 fully saturated rings. The molecule has 7 heteroatoms. The van der Waals surface area contributed by atoms with E-state index >= 15 is 0 Å². The second-order valence-corrected chi connectivity index (χ2v) is 9.78. The minimum atomic E-state index is -1.28. The van der Waals surface area contributed by atoms with Crippen LogP contribution in [0.2, 0.25) is 5.02 Å². The molecule has 2 aromatic carbocycles. The van der Waals surface area contributed by atoms with Gasteiger partial charge in [-0.2, -0.15) is 0 Å². The number of likely N-dealkylation sites (tertiary alicyclic amines) is 1. The van der Waals surface area contributed by atoms with Gasteiger partial charge in [0.15, 0.2) is 0 Å². The summed E-state index contributed by atoms with van der Waals surface area (Å²) in [5, 5.41) is 6.75. The summed E-state index contributed by atoms with van der Waals surface area (Å²) in [7, 11) is 0. The van der Waals surface area contributed by atoms with Gasteiger partial charge in [0.1, 0.15) is 5.54 Å². The Labute approximate surface area is 192 Å². The summed E-state index contributed by atoms with van der Waals surface area (Å²) in [4.78, 5) is 42.0. The third-order valence-electron chi connectivity index (χ3n) is 6.98. The summed E-state index contributed by atoms with van der Waals surface area (Å²) in [6.45, 7) is 4.47. The lowest BCUT2D eigenvalue weighted by molar-refractivity contribution is -0.142. The van der Waals surface area contributed by atoms with E-state index in [9.17, 15) is 14.4 Å². The maximum atomic E-state index is 13.7. The number of hydrogen-bond donors (Lipinski definition) is 2. The number of anilines is 1. The van der Waals surface area contributed by atoms with Crippen molar-refractivity contribution in [2.45, 2.75) is 38.3 Å². The van der Waals surface area contributed by atoms with Crippen LogP contribution in [-0.4, -0.2) is 35.2 Å². The topological polar surface area (TPSA) is 78.5 Å². The first kappa shape index (κ1) is 21.2. The number of para-hydroxylation sites is 1. The Balaban J connectivity index is 1.55. The van der Waals surface area contributed by atoms with Crippen molar-refractivity contribution >= 4 is 35.0 Å². The number of carbonyl (C=O) groups excluding carboxylic acids is 3. The Morgan fingerprint density at radius 3 is 2.50 bits per heavy atom. The minimum Gasteiger partial charge on any atom is -0.323 e. The monoisotopic (exact) mass is 451 g/mol. The second-order valence-electron chi connectivity index (χ2n) is 9.37. The van der Waals surface area contributed by atoms with Gasteiger partial charge in [-0.05, 0) is 30.4 Å². The summed E-state index contributed by atoms with van der Waals surface area (Å²) < 4.78 is 0. The van der Waals surface area contributed by atoms with Gasteiger partial charge in [0, 0.05) is 18.2 Å². The quantitative estimate of drug-likeness (QED) is 0.683. The molecule has 0 aromatic heterocycles. The summed E-state index contributed by atoms with van der Waals surface area (Å²) in [6.07, 6.45) is 1.28. The summed E-state index contributed by atoms with van der Waals surface area (Å²) >= 11 is 6.37. The molecule has 3 heterocycles. The first-order valence-corrected chi connectivity index (χ1v) is 11.5. The molecule has 32 heavy (non-hydrogen) atoms. The van der Waals surface area contributed by atoms with Crippen LogP contribution in [0.4, 0.5) is 5.69 Å². The molecule has 0 bridgehead atoms. The van der Waals surface area contributed by atoms with E-state index in [2.05, 4.69) is 24.5 Å². The molecule has 166 valence electrons. The number of fused-ring (bicyclic) bond motifs is 4. The van der Waals surface area contributed by atoms with Crippen LogP contribution in [-0.2, 0) is 26.3 Å². The number of imide groups is 1. The van der Waals surface area contributed by atoms with Crippen LogP contribution >= 0.6 is 11.6 Å². The van der Waals surface area contributed by atoms with Gasteiger partial charge in [-0.25, -0.2) is 0 Å². The van der Waals surface area contributed by atoms with Gasteiger partial charge >= 0.3 is 0 Å². The molecule has 2 aromatic rings. The fourth-order valence-corrected chi connectivity index (χ4v) is 5.89. The van der Waals surface area contributed by atoms with Gasteiger partial charge in [0.2, 0.25) is 17.7 Å². The van der Waals surface area contributed by atoms with E-state index in [1.54, 1.807) is 12.1 Å². The van der Waals surface area contributed by atoms with Gasteiger partial charge in [0.05, 0.1) is 22.5 Å². The highest BCUT2D eigenvalue weighted by Crippen LogP contribution is 2.54. The number of hydrogen-bond acceptors (Lipinski definition) is 4. The van der Waals surface area contributed by atoms with E-state index in [0.717, 1.165) is 5.56 Å².